The lowest BCUT2D eigenvalue weighted by Gasteiger charge is -2.19. The van der Waals surface area contributed by atoms with Crippen molar-refractivity contribution in [3.05, 3.63) is 82.9 Å². The van der Waals surface area contributed by atoms with Gasteiger partial charge in [-0.15, -0.1) is 11.3 Å². The van der Waals surface area contributed by atoms with Gasteiger partial charge in [-0.1, -0.05) is 68.3 Å². The fraction of sp³-hybridized carbons (Fsp3) is 0.200. The van der Waals surface area contributed by atoms with Crippen molar-refractivity contribution in [3.8, 4) is 11.4 Å². The molecular formula is C30H26ClNOS. The SMILES string of the molecule is COc1ccc(Cl)c2c1c1sc3ccc(C(C)(C)C)cc3c1n2-c1ccc2ccc(C)cc2c1. The van der Waals surface area contributed by atoms with Gasteiger partial charge in [-0.2, -0.15) is 0 Å². The molecule has 0 radical (unpaired) electrons. The van der Waals surface area contributed by atoms with Crippen LogP contribution in [0, 0.1) is 6.92 Å². The molecule has 0 aliphatic rings. The highest BCUT2D eigenvalue weighted by Gasteiger charge is 2.24. The van der Waals surface area contributed by atoms with Crippen molar-refractivity contribution in [1.29, 1.82) is 0 Å². The average molecular weight is 484 g/mol. The molecule has 0 N–H and O–H groups in total. The molecule has 170 valence electrons. The summed E-state index contributed by atoms with van der Waals surface area (Å²) < 4.78 is 10.6. The summed E-state index contributed by atoms with van der Waals surface area (Å²) in [6.45, 7) is 8.92. The van der Waals surface area contributed by atoms with E-state index in [1.54, 1.807) is 7.11 Å². The monoisotopic (exact) mass is 483 g/mol. The normalized spacial score (nSPS) is 12.4. The minimum Gasteiger partial charge on any atom is -0.496 e. The van der Waals surface area contributed by atoms with Gasteiger partial charge >= 0.3 is 0 Å². The molecule has 0 aliphatic carbocycles. The molecule has 4 aromatic carbocycles. The van der Waals surface area contributed by atoms with Gasteiger partial charge in [0, 0.05) is 15.8 Å². The molecule has 0 bridgehead atoms. The Morgan fingerprint density at radius 1 is 0.853 bits per heavy atom. The van der Waals surface area contributed by atoms with Crippen LogP contribution in [-0.2, 0) is 5.41 Å². The van der Waals surface area contributed by atoms with Crippen LogP contribution in [0.1, 0.15) is 31.9 Å². The fourth-order valence-corrected chi connectivity index (χ4v) is 6.42. The lowest BCUT2D eigenvalue weighted by atomic mass is 9.86. The Morgan fingerprint density at radius 2 is 1.65 bits per heavy atom. The number of nitrogens with zero attached hydrogens (tertiary/aromatic N) is 1. The van der Waals surface area contributed by atoms with Crippen molar-refractivity contribution in [2.45, 2.75) is 33.1 Å². The van der Waals surface area contributed by atoms with Gasteiger partial charge in [0.05, 0.1) is 33.3 Å². The number of aromatic nitrogens is 1. The highest BCUT2D eigenvalue weighted by atomic mass is 35.5. The van der Waals surface area contributed by atoms with E-state index in [9.17, 15) is 0 Å². The first-order valence-electron chi connectivity index (χ1n) is 11.5. The van der Waals surface area contributed by atoms with Gasteiger partial charge < -0.3 is 9.30 Å². The maximum Gasteiger partial charge on any atom is 0.129 e. The lowest BCUT2D eigenvalue weighted by molar-refractivity contribution is 0.420. The third-order valence-corrected chi connectivity index (χ3v) is 8.23. The summed E-state index contributed by atoms with van der Waals surface area (Å²) in [6.07, 6.45) is 0. The molecule has 0 unspecified atom stereocenters. The third kappa shape index (κ3) is 3.14. The second-order valence-electron chi connectivity index (χ2n) is 10.1. The summed E-state index contributed by atoms with van der Waals surface area (Å²) in [5.41, 5.74) is 5.94. The zero-order valence-corrected chi connectivity index (χ0v) is 21.6. The maximum atomic E-state index is 6.90. The number of hydrogen-bond donors (Lipinski definition) is 0. The summed E-state index contributed by atoms with van der Waals surface area (Å²) in [7, 11) is 1.73. The van der Waals surface area contributed by atoms with Crippen molar-refractivity contribution in [3.63, 3.8) is 0 Å². The number of fused-ring (bicyclic) bond motifs is 6. The zero-order valence-electron chi connectivity index (χ0n) is 20.0. The van der Waals surface area contributed by atoms with Crippen molar-refractivity contribution >= 4 is 64.9 Å². The summed E-state index contributed by atoms with van der Waals surface area (Å²) in [5.74, 6) is 0.849. The van der Waals surface area contributed by atoms with Gasteiger partial charge in [-0.05, 0) is 65.1 Å². The third-order valence-electron chi connectivity index (χ3n) is 6.75. The fourth-order valence-electron chi connectivity index (χ4n) is 4.96. The second kappa shape index (κ2) is 7.49. The lowest BCUT2D eigenvalue weighted by Crippen LogP contribution is -2.10. The Balaban J connectivity index is 1.82. The Labute approximate surface area is 208 Å². The van der Waals surface area contributed by atoms with Gasteiger partial charge in [-0.3, -0.25) is 0 Å². The first-order chi connectivity index (χ1) is 16.3. The number of aryl methyl sites for hydroxylation is 1. The molecule has 4 heteroatoms. The Morgan fingerprint density at radius 3 is 2.41 bits per heavy atom. The van der Waals surface area contributed by atoms with E-state index < -0.39 is 0 Å². The van der Waals surface area contributed by atoms with E-state index in [-0.39, 0.29) is 5.41 Å². The van der Waals surface area contributed by atoms with E-state index >= 15 is 0 Å². The van der Waals surface area contributed by atoms with Crippen LogP contribution >= 0.6 is 22.9 Å². The van der Waals surface area contributed by atoms with Crippen molar-refractivity contribution in [1.82, 2.24) is 4.57 Å². The predicted octanol–water partition coefficient (Wildman–Crippen LogP) is 9.42. The molecule has 2 nitrogen and oxygen atoms in total. The molecule has 0 saturated carbocycles. The van der Waals surface area contributed by atoms with Gasteiger partial charge in [0.2, 0.25) is 0 Å². The summed E-state index contributed by atoms with van der Waals surface area (Å²) in [6, 6.07) is 24.0. The summed E-state index contributed by atoms with van der Waals surface area (Å²) >= 11 is 8.71. The predicted molar refractivity (Wildman–Crippen MR) is 149 cm³/mol. The molecule has 0 amide bonds. The number of ether oxygens (including phenoxy) is 1. The van der Waals surface area contributed by atoms with Crippen LogP contribution in [0.3, 0.4) is 0 Å². The average Bonchev–Trinajstić information content (AvgIpc) is 3.33. The Hall–Kier alpha value is -3.01. The minimum absolute atomic E-state index is 0.0646. The quantitative estimate of drug-likeness (QED) is 0.239. The summed E-state index contributed by atoms with van der Waals surface area (Å²) in [5, 5.41) is 5.51. The van der Waals surface area contributed by atoms with Crippen LogP contribution < -0.4 is 4.74 Å². The van der Waals surface area contributed by atoms with Crippen molar-refractivity contribution in [2.75, 3.05) is 7.11 Å². The molecule has 2 aromatic heterocycles. The van der Waals surface area contributed by atoms with Gasteiger partial charge in [-0.25, -0.2) is 0 Å². The zero-order chi connectivity index (χ0) is 23.8. The molecule has 6 aromatic rings. The van der Waals surface area contributed by atoms with Crippen LogP contribution in [0.25, 0.3) is 47.7 Å². The van der Waals surface area contributed by atoms with Crippen LogP contribution in [0.4, 0.5) is 0 Å². The Bertz CT molecular complexity index is 1750. The van der Waals surface area contributed by atoms with Crippen molar-refractivity contribution < 1.29 is 4.74 Å². The molecular weight excluding hydrogens is 458 g/mol. The Kier molecular flexibility index (Phi) is 4.74. The van der Waals surface area contributed by atoms with E-state index in [0.29, 0.717) is 0 Å². The van der Waals surface area contributed by atoms with Gasteiger partial charge in [0.1, 0.15) is 5.75 Å². The molecule has 6 rings (SSSR count). The molecule has 0 saturated heterocycles. The number of hydrogen-bond acceptors (Lipinski definition) is 2. The number of thiophene rings is 1. The standard InChI is InChI=1S/C30H26ClNOS/c1-17-6-7-18-8-10-21(15-19(18)14-17)32-27-22-16-20(30(2,3)4)9-13-25(22)34-29(27)26-24(33-5)12-11-23(31)28(26)32/h6-16H,1-5H3. The van der Waals surface area contributed by atoms with Crippen LogP contribution in [0.5, 0.6) is 5.75 Å². The number of rotatable bonds is 2. The van der Waals surface area contributed by atoms with Crippen molar-refractivity contribution in [2.24, 2.45) is 0 Å². The topological polar surface area (TPSA) is 14.2 Å². The van der Waals surface area contributed by atoms with Crippen LogP contribution in [0.15, 0.2) is 66.7 Å². The smallest absolute Gasteiger partial charge is 0.129 e. The number of benzene rings is 4. The summed E-state index contributed by atoms with van der Waals surface area (Å²) in [4.78, 5) is 0. The van der Waals surface area contributed by atoms with Gasteiger partial charge in [0.15, 0.2) is 0 Å². The van der Waals surface area contributed by atoms with E-state index in [1.807, 2.05) is 23.5 Å². The highest BCUT2D eigenvalue weighted by molar-refractivity contribution is 7.26. The largest absolute Gasteiger partial charge is 0.496 e. The molecule has 0 spiro atoms. The molecule has 0 atom stereocenters. The molecule has 0 fully saturated rings. The molecule has 34 heavy (non-hydrogen) atoms. The van der Waals surface area contributed by atoms with E-state index in [2.05, 4.69) is 86.9 Å². The van der Waals surface area contributed by atoms with Gasteiger partial charge in [0.25, 0.3) is 0 Å². The second-order valence-corrected chi connectivity index (χ2v) is 11.5. The molecule has 2 heterocycles. The number of halogens is 1. The minimum atomic E-state index is 0.0646. The van der Waals surface area contributed by atoms with Crippen LogP contribution in [-0.4, -0.2) is 11.7 Å². The molecule has 0 aliphatic heterocycles. The maximum absolute atomic E-state index is 6.90. The van der Waals surface area contributed by atoms with Crippen LogP contribution in [0.2, 0.25) is 5.02 Å². The first kappa shape index (κ1) is 21.5. The first-order valence-corrected chi connectivity index (χ1v) is 12.7. The highest BCUT2D eigenvalue weighted by Crippen LogP contribution is 2.48. The van der Waals surface area contributed by atoms with E-state index in [0.717, 1.165) is 27.4 Å². The number of methoxy groups -OCH3 is 1. The van der Waals surface area contributed by atoms with E-state index in [1.165, 1.54) is 42.2 Å². The van der Waals surface area contributed by atoms with E-state index in [4.69, 9.17) is 16.3 Å².